The van der Waals surface area contributed by atoms with Crippen LogP contribution in [0.1, 0.15) is 0 Å². The van der Waals surface area contributed by atoms with E-state index in [0.717, 1.165) is 5.56 Å². The van der Waals surface area contributed by atoms with Gasteiger partial charge >= 0.3 is 0 Å². The van der Waals surface area contributed by atoms with E-state index in [4.69, 9.17) is 4.42 Å². The Labute approximate surface area is 149 Å². The predicted molar refractivity (Wildman–Crippen MR) is 96.2 cm³/mol. The molecule has 0 aliphatic carbocycles. The zero-order valence-corrected chi connectivity index (χ0v) is 14.1. The van der Waals surface area contributed by atoms with Gasteiger partial charge in [0.25, 0.3) is 10.0 Å². The third kappa shape index (κ3) is 2.98. The molecule has 8 heteroatoms. The molecule has 2 N–H and O–H groups in total. The number of hydrogen-bond acceptors (Lipinski definition) is 6. The fourth-order valence-corrected chi connectivity index (χ4v) is 3.54. The number of oxazole rings is 1. The van der Waals surface area contributed by atoms with Crippen LogP contribution in [0.4, 0.5) is 5.69 Å². The van der Waals surface area contributed by atoms with E-state index in [1.54, 1.807) is 42.7 Å². The van der Waals surface area contributed by atoms with Crippen LogP contribution < -0.4 is 4.72 Å². The molecule has 0 atom stereocenters. The lowest BCUT2D eigenvalue weighted by molar-refractivity contribution is 0.475. The van der Waals surface area contributed by atoms with E-state index in [1.807, 2.05) is 0 Å². The van der Waals surface area contributed by atoms with E-state index in [1.165, 1.54) is 24.3 Å². The lowest BCUT2D eigenvalue weighted by Gasteiger charge is -2.08. The molecule has 0 saturated heterocycles. The highest BCUT2D eigenvalue weighted by Gasteiger charge is 2.18. The van der Waals surface area contributed by atoms with Crippen LogP contribution in [-0.2, 0) is 10.0 Å². The normalized spacial score (nSPS) is 11.5. The van der Waals surface area contributed by atoms with Crippen molar-refractivity contribution in [3.8, 4) is 17.2 Å². The standard InChI is InChI=1S/C18H13N3O4S/c22-13-4-6-14(7-5-13)26(23,24)21-15-2-1-3-16-17(15)20-18(25-16)12-8-10-19-11-9-12/h1-11,21-22H. The molecule has 0 aliphatic rings. The highest BCUT2D eigenvalue weighted by Crippen LogP contribution is 2.30. The van der Waals surface area contributed by atoms with Gasteiger partial charge in [-0.1, -0.05) is 6.07 Å². The van der Waals surface area contributed by atoms with Gasteiger partial charge in [0.1, 0.15) is 11.3 Å². The lowest BCUT2D eigenvalue weighted by atomic mass is 10.3. The molecular formula is C18H13N3O4S. The summed E-state index contributed by atoms with van der Waals surface area (Å²) in [5.74, 6) is 0.364. The van der Waals surface area contributed by atoms with Crippen molar-refractivity contribution >= 4 is 26.8 Å². The predicted octanol–water partition coefficient (Wildman–Crippen LogP) is 3.40. The Morgan fingerprint density at radius 1 is 0.962 bits per heavy atom. The molecule has 0 spiro atoms. The van der Waals surface area contributed by atoms with Gasteiger partial charge in [0, 0.05) is 18.0 Å². The molecule has 0 fully saturated rings. The number of sulfonamides is 1. The Hall–Kier alpha value is -3.39. The SMILES string of the molecule is O=S(=O)(Nc1cccc2oc(-c3ccncc3)nc12)c1ccc(O)cc1. The third-order valence-corrected chi connectivity index (χ3v) is 5.12. The number of rotatable bonds is 4. The molecule has 7 nitrogen and oxygen atoms in total. The second-order valence-electron chi connectivity index (χ2n) is 5.51. The van der Waals surface area contributed by atoms with Gasteiger partial charge in [-0.15, -0.1) is 0 Å². The fraction of sp³-hybridized carbons (Fsp3) is 0. The van der Waals surface area contributed by atoms with Gasteiger partial charge in [0.15, 0.2) is 5.58 Å². The van der Waals surface area contributed by atoms with Crippen molar-refractivity contribution in [2.24, 2.45) is 0 Å². The molecule has 26 heavy (non-hydrogen) atoms. The molecule has 0 amide bonds. The van der Waals surface area contributed by atoms with Gasteiger partial charge in [-0.3, -0.25) is 9.71 Å². The molecule has 2 aromatic carbocycles. The molecule has 4 rings (SSSR count). The lowest BCUT2D eigenvalue weighted by Crippen LogP contribution is -2.13. The first-order chi connectivity index (χ1) is 12.5. The Morgan fingerprint density at radius 2 is 1.69 bits per heavy atom. The molecule has 2 aromatic heterocycles. The summed E-state index contributed by atoms with van der Waals surface area (Å²) in [5, 5.41) is 9.32. The van der Waals surface area contributed by atoms with Crippen molar-refractivity contribution in [2.45, 2.75) is 4.90 Å². The Balaban J connectivity index is 1.75. The van der Waals surface area contributed by atoms with Gasteiger partial charge in [0.2, 0.25) is 5.89 Å². The summed E-state index contributed by atoms with van der Waals surface area (Å²) in [6.45, 7) is 0. The number of phenolic OH excluding ortho intramolecular Hbond substituents is 1. The summed E-state index contributed by atoms with van der Waals surface area (Å²) >= 11 is 0. The highest BCUT2D eigenvalue weighted by molar-refractivity contribution is 7.92. The summed E-state index contributed by atoms with van der Waals surface area (Å²) in [5.41, 5.74) is 1.91. The van der Waals surface area contributed by atoms with Crippen molar-refractivity contribution in [3.05, 3.63) is 67.0 Å². The minimum atomic E-state index is -3.83. The van der Waals surface area contributed by atoms with Crippen LogP contribution in [0.3, 0.4) is 0 Å². The van der Waals surface area contributed by atoms with Crippen LogP contribution in [0.15, 0.2) is 76.3 Å². The number of aromatic nitrogens is 2. The number of nitrogens with one attached hydrogen (secondary N) is 1. The molecule has 0 radical (unpaired) electrons. The molecule has 0 saturated carbocycles. The van der Waals surface area contributed by atoms with Crippen molar-refractivity contribution in [3.63, 3.8) is 0 Å². The number of pyridine rings is 1. The van der Waals surface area contributed by atoms with Crippen molar-refractivity contribution < 1.29 is 17.9 Å². The first-order valence-electron chi connectivity index (χ1n) is 7.65. The quantitative estimate of drug-likeness (QED) is 0.573. The number of nitrogens with zero attached hydrogens (tertiary/aromatic N) is 2. The minimum Gasteiger partial charge on any atom is -0.508 e. The topological polar surface area (TPSA) is 105 Å². The van der Waals surface area contributed by atoms with E-state index in [-0.39, 0.29) is 10.6 Å². The number of hydrogen-bond donors (Lipinski definition) is 2. The molecule has 0 aliphatic heterocycles. The molecule has 4 aromatic rings. The highest BCUT2D eigenvalue weighted by atomic mass is 32.2. The van der Waals surface area contributed by atoms with Crippen LogP contribution >= 0.6 is 0 Å². The average Bonchev–Trinajstić information content (AvgIpc) is 3.08. The Bertz CT molecular complexity index is 1170. The van der Waals surface area contributed by atoms with E-state index in [0.29, 0.717) is 22.7 Å². The van der Waals surface area contributed by atoms with Crippen LogP contribution in [0.5, 0.6) is 5.75 Å². The summed E-state index contributed by atoms with van der Waals surface area (Å²) < 4.78 is 33.4. The molecule has 0 bridgehead atoms. The van der Waals surface area contributed by atoms with Gasteiger partial charge in [-0.25, -0.2) is 13.4 Å². The van der Waals surface area contributed by atoms with Gasteiger partial charge < -0.3 is 9.52 Å². The molecular weight excluding hydrogens is 354 g/mol. The molecule has 130 valence electrons. The first-order valence-corrected chi connectivity index (χ1v) is 9.13. The van der Waals surface area contributed by atoms with Crippen LogP contribution in [0.2, 0.25) is 0 Å². The number of phenols is 1. The van der Waals surface area contributed by atoms with Crippen molar-refractivity contribution in [1.29, 1.82) is 0 Å². The monoisotopic (exact) mass is 367 g/mol. The fourth-order valence-electron chi connectivity index (χ4n) is 2.48. The van der Waals surface area contributed by atoms with Gasteiger partial charge in [-0.2, -0.15) is 0 Å². The van der Waals surface area contributed by atoms with Gasteiger partial charge in [-0.05, 0) is 48.5 Å². The van der Waals surface area contributed by atoms with Crippen LogP contribution in [0.25, 0.3) is 22.6 Å². The van der Waals surface area contributed by atoms with Crippen molar-refractivity contribution in [1.82, 2.24) is 9.97 Å². The van der Waals surface area contributed by atoms with Crippen molar-refractivity contribution in [2.75, 3.05) is 4.72 Å². The summed E-state index contributed by atoms with van der Waals surface area (Å²) in [6.07, 6.45) is 3.25. The van der Waals surface area contributed by atoms with E-state index in [9.17, 15) is 13.5 Å². The van der Waals surface area contributed by atoms with E-state index >= 15 is 0 Å². The maximum atomic E-state index is 12.6. The maximum absolute atomic E-state index is 12.6. The third-order valence-electron chi connectivity index (χ3n) is 3.74. The summed E-state index contributed by atoms with van der Waals surface area (Å²) in [4.78, 5) is 8.40. The number of anilines is 1. The van der Waals surface area contributed by atoms with Crippen LogP contribution in [0, 0.1) is 0 Å². The summed E-state index contributed by atoms with van der Waals surface area (Å²) in [6, 6.07) is 13.8. The second-order valence-corrected chi connectivity index (χ2v) is 7.19. The second kappa shape index (κ2) is 6.16. The minimum absolute atomic E-state index is 0.00968. The van der Waals surface area contributed by atoms with Crippen LogP contribution in [-0.4, -0.2) is 23.5 Å². The van der Waals surface area contributed by atoms with E-state index in [2.05, 4.69) is 14.7 Å². The Kier molecular flexibility index (Phi) is 3.81. The zero-order valence-electron chi connectivity index (χ0n) is 13.3. The summed E-state index contributed by atoms with van der Waals surface area (Å²) in [7, 11) is -3.83. The number of benzene rings is 2. The van der Waals surface area contributed by atoms with Gasteiger partial charge in [0.05, 0.1) is 10.6 Å². The first kappa shape index (κ1) is 16.1. The largest absolute Gasteiger partial charge is 0.508 e. The Morgan fingerprint density at radius 3 is 2.42 bits per heavy atom. The van der Waals surface area contributed by atoms with E-state index < -0.39 is 10.0 Å². The maximum Gasteiger partial charge on any atom is 0.261 e. The smallest absolute Gasteiger partial charge is 0.261 e. The molecule has 2 heterocycles. The number of fused-ring (bicyclic) bond motifs is 1. The average molecular weight is 367 g/mol. The number of para-hydroxylation sites is 1. The zero-order chi connectivity index (χ0) is 18.1. The number of aromatic hydroxyl groups is 1. The molecule has 0 unspecified atom stereocenters.